The summed E-state index contributed by atoms with van der Waals surface area (Å²) in [7, 11) is -7.68. The van der Waals surface area contributed by atoms with E-state index in [1.54, 1.807) is 6.07 Å². The fourth-order valence-electron chi connectivity index (χ4n) is 2.06. The van der Waals surface area contributed by atoms with Crippen molar-refractivity contribution in [3.05, 3.63) is 40.5 Å². The molecule has 2 rings (SSSR count). The summed E-state index contributed by atoms with van der Waals surface area (Å²) >= 11 is 11.8. The topological polar surface area (TPSA) is 131 Å². The Morgan fingerprint density at radius 2 is 1.73 bits per heavy atom. The molecule has 0 aliphatic rings. The Labute approximate surface area is 161 Å². The number of nitrogens with zero attached hydrogens (tertiary/aromatic N) is 1. The molecule has 0 aliphatic heterocycles. The monoisotopic (exact) mass is 438 g/mol. The van der Waals surface area contributed by atoms with Crippen molar-refractivity contribution in [2.75, 3.05) is 30.0 Å². The van der Waals surface area contributed by atoms with E-state index in [0.717, 1.165) is 12.3 Å². The third-order valence-electron chi connectivity index (χ3n) is 3.22. The second-order valence-corrected chi connectivity index (χ2v) is 9.70. The lowest BCUT2D eigenvalue weighted by molar-refractivity contribution is 0.597. The minimum atomic E-state index is -4.01. The number of nitrogens with one attached hydrogen (secondary N) is 2. The van der Waals surface area contributed by atoms with Gasteiger partial charge >= 0.3 is 0 Å². The van der Waals surface area contributed by atoms with Crippen molar-refractivity contribution in [2.45, 2.75) is 9.79 Å². The molecule has 2 aromatic rings. The number of rotatable bonds is 7. The fraction of sp³-hybridized carbons (Fsp3) is 0.214. The predicted octanol–water partition coefficient (Wildman–Crippen LogP) is 1.96. The van der Waals surface area contributed by atoms with Gasteiger partial charge in [0.1, 0.15) is 5.82 Å². The SMILES string of the molecule is CS(=O)(=O)c1cc(S(N)(=O)=O)ccc1NCCNc1ncc(Cl)cc1Cl. The molecule has 4 N–H and O–H groups in total. The molecule has 142 valence electrons. The number of sulfonamides is 1. The molecule has 0 atom stereocenters. The molecule has 1 aromatic carbocycles. The number of halogens is 2. The van der Waals surface area contributed by atoms with Gasteiger partial charge in [0, 0.05) is 25.5 Å². The molecule has 0 aliphatic carbocycles. The number of primary sulfonamides is 1. The van der Waals surface area contributed by atoms with E-state index in [-0.39, 0.29) is 15.5 Å². The van der Waals surface area contributed by atoms with E-state index in [1.807, 2.05) is 0 Å². The van der Waals surface area contributed by atoms with Crippen molar-refractivity contribution in [3.63, 3.8) is 0 Å². The Hall–Kier alpha value is -1.59. The molecule has 26 heavy (non-hydrogen) atoms. The Morgan fingerprint density at radius 1 is 1.08 bits per heavy atom. The van der Waals surface area contributed by atoms with Crippen molar-refractivity contribution in [1.29, 1.82) is 0 Å². The standard InChI is InChI=1S/C14H16Cl2N4O4S2/c1-25(21,22)13-7-10(26(17,23)24)2-3-12(13)18-4-5-19-14-11(16)6-9(15)8-20-14/h2-3,6-8,18H,4-5H2,1H3,(H,19,20)(H2,17,23,24). The smallest absolute Gasteiger partial charge is 0.238 e. The van der Waals surface area contributed by atoms with Crippen LogP contribution in [0.4, 0.5) is 11.5 Å². The summed E-state index contributed by atoms with van der Waals surface area (Å²) in [5.74, 6) is 0.436. The highest BCUT2D eigenvalue weighted by Crippen LogP contribution is 2.25. The minimum Gasteiger partial charge on any atom is -0.382 e. The summed E-state index contributed by atoms with van der Waals surface area (Å²) in [5, 5.41) is 11.7. The molecule has 0 spiro atoms. The van der Waals surface area contributed by atoms with E-state index >= 15 is 0 Å². The molecule has 1 heterocycles. The molecule has 1 aromatic heterocycles. The number of hydrogen-bond acceptors (Lipinski definition) is 7. The van der Waals surface area contributed by atoms with Crippen LogP contribution in [0.1, 0.15) is 0 Å². The van der Waals surface area contributed by atoms with Gasteiger partial charge in [-0.05, 0) is 24.3 Å². The first-order chi connectivity index (χ1) is 12.0. The fourth-order valence-corrected chi connectivity index (χ4v) is 4.00. The molecule has 0 saturated heterocycles. The van der Waals surface area contributed by atoms with E-state index in [4.69, 9.17) is 28.3 Å². The van der Waals surface area contributed by atoms with E-state index in [1.165, 1.54) is 18.3 Å². The van der Waals surface area contributed by atoms with Gasteiger partial charge in [-0.25, -0.2) is 27.0 Å². The third-order valence-corrected chi connectivity index (χ3v) is 5.76. The largest absolute Gasteiger partial charge is 0.382 e. The highest BCUT2D eigenvalue weighted by atomic mass is 35.5. The molecule has 0 saturated carbocycles. The zero-order valence-electron chi connectivity index (χ0n) is 13.5. The van der Waals surface area contributed by atoms with Gasteiger partial charge in [0.15, 0.2) is 9.84 Å². The number of benzene rings is 1. The molecule has 0 unspecified atom stereocenters. The Balaban J connectivity index is 2.11. The summed E-state index contributed by atoms with van der Waals surface area (Å²) < 4.78 is 46.7. The van der Waals surface area contributed by atoms with Crippen LogP contribution in [0.25, 0.3) is 0 Å². The molecule has 8 nitrogen and oxygen atoms in total. The van der Waals surface area contributed by atoms with Gasteiger partial charge in [-0.3, -0.25) is 0 Å². The molecule has 0 fully saturated rings. The average molecular weight is 439 g/mol. The summed E-state index contributed by atoms with van der Waals surface area (Å²) in [6.45, 7) is 0.687. The summed E-state index contributed by atoms with van der Waals surface area (Å²) in [6, 6.07) is 5.15. The molecule has 0 bridgehead atoms. The quantitative estimate of drug-likeness (QED) is 0.562. The molecule has 0 amide bonds. The molecular weight excluding hydrogens is 423 g/mol. The van der Waals surface area contributed by atoms with Crippen molar-refractivity contribution < 1.29 is 16.8 Å². The summed E-state index contributed by atoms with van der Waals surface area (Å²) in [4.78, 5) is 3.60. The van der Waals surface area contributed by atoms with Gasteiger partial charge < -0.3 is 10.6 Å². The highest BCUT2D eigenvalue weighted by Gasteiger charge is 2.18. The number of pyridine rings is 1. The molecule has 12 heteroatoms. The third kappa shape index (κ3) is 5.45. The number of anilines is 2. The van der Waals surface area contributed by atoms with E-state index < -0.39 is 19.9 Å². The number of hydrogen-bond donors (Lipinski definition) is 3. The summed E-state index contributed by atoms with van der Waals surface area (Å²) in [5.41, 5.74) is 0.261. The maximum absolute atomic E-state index is 11.9. The van der Waals surface area contributed by atoms with Gasteiger partial charge in [0.25, 0.3) is 0 Å². The van der Waals surface area contributed by atoms with Crippen LogP contribution in [0, 0.1) is 0 Å². The molecule has 0 radical (unpaired) electrons. The van der Waals surface area contributed by atoms with Crippen LogP contribution >= 0.6 is 23.2 Å². The second kappa shape index (κ2) is 7.97. The van der Waals surface area contributed by atoms with Gasteiger partial charge in [0.2, 0.25) is 10.0 Å². The van der Waals surface area contributed by atoms with Crippen molar-refractivity contribution in [3.8, 4) is 0 Å². The maximum atomic E-state index is 11.9. The number of sulfone groups is 1. The lowest BCUT2D eigenvalue weighted by Crippen LogP contribution is -2.17. The first-order valence-corrected chi connectivity index (χ1v) is 11.3. The second-order valence-electron chi connectivity index (χ2n) is 5.31. The zero-order valence-corrected chi connectivity index (χ0v) is 16.7. The van der Waals surface area contributed by atoms with Gasteiger partial charge in [-0.2, -0.15) is 0 Å². The van der Waals surface area contributed by atoms with Crippen molar-refractivity contribution >= 4 is 54.6 Å². The first-order valence-electron chi connectivity index (χ1n) is 7.14. The van der Waals surface area contributed by atoms with E-state index in [9.17, 15) is 16.8 Å². The van der Waals surface area contributed by atoms with E-state index in [2.05, 4.69) is 15.6 Å². The Bertz CT molecular complexity index is 1030. The van der Waals surface area contributed by atoms with Crippen molar-refractivity contribution in [1.82, 2.24) is 4.98 Å². The minimum absolute atomic E-state index is 0.160. The Morgan fingerprint density at radius 3 is 2.31 bits per heavy atom. The predicted molar refractivity (Wildman–Crippen MR) is 102 cm³/mol. The van der Waals surface area contributed by atoms with Crippen LogP contribution in [0.15, 0.2) is 40.3 Å². The molecular formula is C14H16Cl2N4O4S2. The van der Waals surface area contributed by atoms with Gasteiger partial charge in [-0.1, -0.05) is 23.2 Å². The summed E-state index contributed by atoms with van der Waals surface area (Å²) in [6.07, 6.45) is 2.42. The normalized spacial score (nSPS) is 12.0. The van der Waals surface area contributed by atoms with Gasteiger partial charge in [0.05, 0.1) is 25.5 Å². The Kier molecular flexibility index (Phi) is 6.35. The highest BCUT2D eigenvalue weighted by molar-refractivity contribution is 7.91. The van der Waals surface area contributed by atoms with Gasteiger partial charge in [-0.15, -0.1) is 0 Å². The van der Waals surface area contributed by atoms with Crippen LogP contribution in [-0.2, 0) is 19.9 Å². The lowest BCUT2D eigenvalue weighted by atomic mass is 10.3. The van der Waals surface area contributed by atoms with Crippen LogP contribution in [0.2, 0.25) is 10.0 Å². The first kappa shape index (κ1) is 20.7. The van der Waals surface area contributed by atoms with Crippen LogP contribution in [-0.4, -0.2) is 41.2 Å². The van der Waals surface area contributed by atoms with Crippen LogP contribution in [0.3, 0.4) is 0 Å². The van der Waals surface area contributed by atoms with Crippen LogP contribution in [0.5, 0.6) is 0 Å². The van der Waals surface area contributed by atoms with Crippen LogP contribution < -0.4 is 15.8 Å². The average Bonchev–Trinajstić information content (AvgIpc) is 2.51. The lowest BCUT2D eigenvalue weighted by Gasteiger charge is -2.13. The van der Waals surface area contributed by atoms with E-state index in [0.29, 0.717) is 29.0 Å². The maximum Gasteiger partial charge on any atom is 0.238 e. The number of aromatic nitrogens is 1. The number of nitrogens with two attached hydrogens (primary N) is 1. The van der Waals surface area contributed by atoms with Crippen molar-refractivity contribution in [2.24, 2.45) is 5.14 Å². The zero-order chi connectivity index (χ0) is 19.5.